The van der Waals surface area contributed by atoms with E-state index in [0.29, 0.717) is 17.9 Å². The van der Waals surface area contributed by atoms with E-state index in [9.17, 15) is 22.8 Å². The number of carbonyl (C=O) groups is 3. The second kappa shape index (κ2) is 7.89. The largest absolute Gasteiger partial charge is 0.449 e. The third kappa shape index (κ3) is 4.62. The third-order valence-electron chi connectivity index (χ3n) is 4.35. The van der Waals surface area contributed by atoms with Gasteiger partial charge in [0.05, 0.1) is 17.1 Å². The van der Waals surface area contributed by atoms with Gasteiger partial charge in [0.25, 0.3) is 5.91 Å². The standard InChI is InChI=1S/C17H20N2O6S2/c1-11(15(20)19-8-7-18-17(19)22)25-16(21)13-4-2-3-5-14(13)26-12-6-9-27(23,24)10-12/h2-5,11-12H,6-10H2,1H3,(H,18,22)/t11-,12-/m1/s1. The van der Waals surface area contributed by atoms with E-state index < -0.39 is 33.8 Å². The normalized spacial score (nSPS) is 22.3. The Morgan fingerprint density at radius 3 is 2.70 bits per heavy atom. The number of amides is 3. The van der Waals surface area contributed by atoms with Gasteiger partial charge in [-0.2, -0.15) is 0 Å². The highest BCUT2D eigenvalue weighted by Gasteiger charge is 2.33. The molecule has 8 nitrogen and oxygen atoms in total. The van der Waals surface area contributed by atoms with Crippen LogP contribution >= 0.6 is 11.8 Å². The summed E-state index contributed by atoms with van der Waals surface area (Å²) in [6.45, 7) is 2.03. The van der Waals surface area contributed by atoms with E-state index in [4.69, 9.17) is 4.74 Å². The Bertz CT molecular complexity index is 870. The lowest BCUT2D eigenvalue weighted by Crippen LogP contribution is -2.41. The van der Waals surface area contributed by atoms with Crippen molar-refractivity contribution in [2.45, 2.75) is 29.6 Å². The highest BCUT2D eigenvalue weighted by Crippen LogP contribution is 2.33. The van der Waals surface area contributed by atoms with Crippen LogP contribution in [0.2, 0.25) is 0 Å². The molecule has 2 fully saturated rings. The number of benzene rings is 1. The topological polar surface area (TPSA) is 110 Å². The van der Waals surface area contributed by atoms with Crippen LogP contribution in [-0.4, -0.2) is 67.2 Å². The summed E-state index contributed by atoms with van der Waals surface area (Å²) in [5.41, 5.74) is 0.275. The highest BCUT2D eigenvalue weighted by atomic mass is 32.2. The van der Waals surface area contributed by atoms with Gasteiger partial charge in [-0.1, -0.05) is 12.1 Å². The number of hydrogen-bond donors (Lipinski definition) is 1. The van der Waals surface area contributed by atoms with E-state index in [1.54, 1.807) is 24.3 Å². The average molecular weight is 412 g/mol. The van der Waals surface area contributed by atoms with Crippen molar-refractivity contribution in [1.29, 1.82) is 0 Å². The third-order valence-corrected chi connectivity index (χ3v) is 7.67. The lowest BCUT2D eigenvalue weighted by atomic mass is 10.2. The first kappa shape index (κ1) is 19.7. The zero-order chi connectivity index (χ0) is 19.6. The molecule has 2 atom stereocenters. The van der Waals surface area contributed by atoms with Crippen molar-refractivity contribution in [3.05, 3.63) is 29.8 Å². The minimum atomic E-state index is -3.02. The fourth-order valence-electron chi connectivity index (χ4n) is 2.95. The van der Waals surface area contributed by atoms with Crippen LogP contribution in [0.3, 0.4) is 0 Å². The second-order valence-electron chi connectivity index (χ2n) is 6.41. The van der Waals surface area contributed by atoms with Gasteiger partial charge < -0.3 is 10.1 Å². The van der Waals surface area contributed by atoms with Crippen molar-refractivity contribution in [2.75, 3.05) is 24.6 Å². The van der Waals surface area contributed by atoms with Crippen LogP contribution in [0.25, 0.3) is 0 Å². The predicted molar refractivity (Wildman–Crippen MR) is 99.3 cm³/mol. The molecule has 1 aromatic rings. The van der Waals surface area contributed by atoms with Gasteiger partial charge in [-0.3, -0.25) is 9.69 Å². The number of thioether (sulfide) groups is 1. The number of hydrogen-bond acceptors (Lipinski definition) is 7. The van der Waals surface area contributed by atoms with Gasteiger partial charge in [0.15, 0.2) is 15.9 Å². The van der Waals surface area contributed by atoms with Crippen LogP contribution in [-0.2, 0) is 19.4 Å². The Kier molecular flexibility index (Phi) is 5.75. The molecule has 3 rings (SSSR count). The van der Waals surface area contributed by atoms with Gasteiger partial charge in [0.1, 0.15) is 0 Å². The fraction of sp³-hybridized carbons (Fsp3) is 0.471. The van der Waals surface area contributed by atoms with E-state index in [0.717, 1.165) is 4.90 Å². The lowest BCUT2D eigenvalue weighted by Gasteiger charge is -2.19. The summed E-state index contributed by atoms with van der Waals surface area (Å²) in [6, 6.07) is 6.24. The predicted octanol–water partition coefficient (Wildman–Crippen LogP) is 1.06. The Morgan fingerprint density at radius 2 is 2.07 bits per heavy atom. The molecule has 0 bridgehead atoms. The molecule has 0 aromatic heterocycles. The molecule has 0 radical (unpaired) electrons. The van der Waals surface area contributed by atoms with Crippen LogP contribution in [0.1, 0.15) is 23.7 Å². The monoisotopic (exact) mass is 412 g/mol. The molecule has 1 aromatic carbocycles. The fourth-order valence-corrected chi connectivity index (χ4v) is 6.56. The molecule has 10 heteroatoms. The molecule has 2 aliphatic heterocycles. The molecule has 146 valence electrons. The Labute approximate surface area is 161 Å². The highest BCUT2D eigenvalue weighted by molar-refractivity contribution is 8.02. The molecule has 2 aliphatic rings. The van der Waals surface area contributed by atoms with Crippen LogP contribution in [0.4, 0.5) is 4.79 Å². The Balaban J connectivity index is 1.68. The van der Waals surface area contributed by atoms with Crippen molar-refractivity contribution in [2.24, 2.45) is 0 Å². The molecular formula is C17H20N2O6S2. The summed E-state index contributed by atoms with van der Waals surface area (Å²) in [4.78, 5) is 38.0. The number of nitrogens with zero attached hydrogens (tertiary/aromatic N) is 1. The summed E-state index contributed by atoms with van der Waals surface area (Å²) in [5, 5.41) is 2.41. The van der Waals surface area contributed by atoms with Crippen molar-refractivity contribution < 1.29 is 27.5 Å². The molecule has 2 saturated heterocycles. The van der Waals surface area contributed by atoms with Gasteiger partial charge in [0.2, 0.25) is 0 Å². The number of esters is 1. The van der Waals surface area contributed by atoms with E-state index in [1.807, 2.05) is 0 Å². The average Bonchev–Trinajstić information content (AvgIpc) is 3.19. The van der Waals surface area contributed by atoms with Gasteiger partial charge in [-0.25, -0.2) is 18.0 Å². The van der Waals surface area contributed by atoms with Gasteiger partial charge in [-0.15, -0.1) is 11.8 Å². The molecule has 1 N–H and O–H groups in total. The Morgan fingerprint density at radius 1 is 1.33 bits per heavy atom. The molecule has 27 heavy (non-hydrogen) atoms. The summed E-state index contributed by atoms with van der Waals surface area (Å²) in [7, 11) is -3.02. The first-order valence-corrected chi connectivity index (χ1v) is 11.2. The van der Waals surface area contributed by atoms with Gasteiger partial charge in [-0.05, 0) is 25.5 Å². The lowest BCUT2D eigenvalue weighted by molar-refractivity contribution is -0.136. The molecule has 0 spiro atoms. The molecule has 0 saturated carbocycles. The number of nitrogens with one attached hydrogen (secondary N) is 1. The first-order chi connectivity index (χ1) is 12.8. The molecule has 0 unspecified atom stereocenters. The van der Waals surface area contributed by atoms with Crippen molar-refractivity contribution in [1.82, 2.24) is 10.2 Å². The smallest absolute Gasteiger partial charge is 0.340 e. The summed E-state index contributed by atoms with van der Waals surface area (Å²) in [5.74, 6) is -1.02. The molecular weight excluding hydrogens is 392 g/mol. The number of imide groups is 1. The number of ether oxygens (including phenoxy) is 1. The summed E-state index contributed by atoms with van der Waals surface area (Å²) < 4.78 is 28.5. The number of rotatable bonds is 5. The van der Waals surface area contributed by atoms with Crippen LogP contribution in [0.5, 0.6) is 0 Å². The van der Waals surface area contributed by atoms with E-state index in [-0.39, 0.29) is 28.9 Å². The summed E-state index contributed by atoms with van der Waals surface area (Å²) in [6.07, 6.45) is -0.568. The molecule has 0 aliphatic carbocycles. The number of sulfone groups is 1. The van der Waals surface area contributed by atoms with Crippen molar-refractivity contribution in [3.8, 4) is 0 Å². The van der Waals surface area contributed by atoms with Crippen LogP contribution in [0, 0.1) is 0 Å². The zero-order valence-corrected chi connectivity index (χ0v) is 16.3. The maximum atomic E-state index is 12.6. The van der Waals surface area contributed by atoms with Crippen LogP contribution < -0.4 is 5.32 Å². The quantitative estimate of drug-likeness (QED) is 0.720. The molecule has 3 amide bonds. The number of carbonyl (C=O) groups excluding carboxylic acids is 3. The first-order valence-electron chi connectivity index (χ1n) is 8.53. The minimum Gasteiger partial charge on any atom is -0.449 e. The van der Waals surface area contributed by atoms with Crippen LogP contribution in [0.15, 0.2) is 29.2 Å². The van der Waals surface area contributed by atoms with Gasteiger partial charge in [0, 0.05) is 23.2 Å². The SMILES string of the molecule is C[C@@H](OC(=O)c1ccccc1S[C@@H]1CCS(=O)(=O)C1)C(=O)N1CCNC1=O. The maximum Gasteiger partial charge on any atom is 0.340 e. The second-order valence-corrected chi connectivity index (χ2v) is 9.98. The Hall–Kier alpha value is -2.07. The van der Waals surface area contributed by atoms with Crippen molar-refractivity contribution in [3.63, 3.8) is 0 Å². The van der Waals surface area contributed by atoms with Gasteiger partial charge >= 0.3 is 12.0 Å². The zero-order valence-electron chi connectivity index (χ0n) is 14.7. The van der Waals surface area contributed by atoms with E-state index in [1.165, 1.54) is 18.7 Å². The maximum absolute atomic E-state index is 12.6. The number of urea groups is 1. The van der Waals surface area contributed by atoms with E-state index >= 15 is 0 Å². The van der Waals surface area contributed by atoms with E-state index in [2.05, 4.69) is 5.32 Å². The summed E-state index contributed by atoms with van der Waals surface area (Å²) >= 11 is 1.33. The minimum absolute atomic E-state index is 0.0833. The molecule has 2 heterocycles. The van der Waals surface area contributed by atoms with Crippen molar-refractivity contribution >= 4 is 39.5 Å².